The number of carbonyl (C=O) groups excluding carboxylic acids is 2. The van der Waals surface area contributed by atoms with E-state index in [1.807, 2.05) is 19.1 Å². The van der Waals surface area contributed by atoms with Gasteiger partial charge in [-0.1, -0.05) is 31.2 Å². The number of aromatic nitrogens is 2. The Kier molecular flexibility index (Phi) is 5.91. The number of nitrogens with one attached hydrogen (secondary N) is 1. The maximum atomic E-state index is 12.9. The van der Waals surface area contributed by atoms with Crippen molar-refractivity contribution in [3.8, 4) is 0 Å². The van der Waals surface area contributed by atoms with Gasteiger partial charge >= 0.3 is 0 Å². The van der Waals surface area contributed by atoms with Crippen LogP contribution in [-0.2, 0) is 16.0 Å². The third kappa shape index (κ3) is 4.19. The SMILES string of the molecule is CCCN(CC(N)=O)C(=O)CN1CCc2[nH]cnc2C1c1ccccc1C. The highest BCUT2D eigenvalue weighted by Gasteiger charge is 2.33. The Morgan fingerprint density at radius 1 is 1.37 bits per heavy atom. The van der Waals surface area contributed by atoms with Crippen molar-refractivity contribution in [3.63, 3.8) is 0 Å². The van der Waals surface area contributed by atoms with Crippen LogP contribution >= 0.6 is 0 Å². The van der Waals surface area contributed by atoms with Gasteiger partial charge in [0.1, 0.15) is 0 Å². The van der Waals surface area contributed by atoms with Gasteiger partial charge in [0, 0.05) is 25.2 Å². The number of carbonyl (C=O) groups is 2. The topological polar surface area (TPSA) is 95.3 Å². The Bertz CT molecular complexity index is 816. The molecule has 2 aromatic rings. The molecule has 7 nitrogen and oxygen atoms in total. The minimum Gasteiger partial charge on any atom is -0.368 e. The molecule has 2 heterocycles. The van der Waals surface area contributed by atoms with Crippen LogP contribution in [0.1, 0.15) is 41.9 Å². The second-order valence-corrected chi connectivity index (χ2v) is 7.03. The molecule has 1 aliphatic rings. The zero-order valence-corrected chi connectivity index (χ0v) is 15.9. The van der Waals surface area contributed by atoms with Crippen LogP contribution in [0.25, 0.3) is 0 Å². The number of hydrogen-bond donors (Lipinski definition) is 2. The summed E-state index contributed by atoms with van der Waals surface area (Å²) < 4.78 is 0. The molecule has 1 aliphatic heterocycles. The number of nitrogens with two attached hydrogens (primary N) is 1. The smallest absolute Gasteiger partial charge is 0.237 e. The Morgan fingerprint density at radius 3 is 2.85 bits per heavy atom. The van der Waals surface area contributed by atoms with Crippen LogP contribution in [0.4, 0.5) is 0 Å². The normalized spacial score (nSPS) is 16.7. The molecule has 3 N–H and O–H groups in total. The molecule has 0 bridgehead atoms. The monoisotopic (exact) mass is 369 g/mol. The average molecular weight is 369 g/mol. The van der Waals surface area contributed by atoms with E-state index in [0.717, 1.165) is 36.3 Å². The first-order valence-corrected chi connectivity index (χ1v) is 9.39. The number of hydrogen-bond acceptors (Lipinski definition) is 4. The fourth-order valence-corrected chi connectivity index (χ4v) is 3.76. The quantitative estimate of drug-likeness (QED) is 0.771. The summed E-state index contributed by atoms with van der Waals surface area (Å²) >= 11 is 0. The lowest BCUT2D eigenvalue weighted by Crippen LogP contribution is -2.47. The minimum absolute atomic E-state index is 0.0385. The molecule has 0 radical (unpaired) electrons. The number of nitrogens with zero attached hydrogens (tertiary/aromatic N) is 3. The number of rotatable bonds is 7. The molecular weight excluding hydrogens is 342 g/mol. The van der Waals surface area contributed by atoms with Gasteiger partial charge in [-0.05, 0) is 24.5 Å². The highest BCUT2D eigenvalue weighted by molar-refractivity contribution is 5.85. The van der Waals surface area contributed by atoms with Crippen LogP contribution in [0.5, 0.6) is 0 Å². The van der Waals surface area contributed by atoms with Crippen molar-refractivity contribution in [2.45, 2.75) is 32.7 Å². The molecular formula is C20H27N5O2. The van der Waals surface area contributed by atoms with E-state index in [9.17, 15) is 9.59 Å². The number of benzene rings is 1. The lowest BCUT2D eigenvalue weighted by Gasteiger charge is -2.36. The molecule has 0 saturated heterocycles. The van der Waals surface area contributed by atoms with Gasteiger partial charge in [-0.25, -0.2) is 4.98 Å². The number of aryl methyl sites for hydroxylation is 1. The zero-order valence-electron chi connectivity index (χ0n) is 15.9. The number of imidazole rings is 1. The summed E-state index contributed by atoms with van der Waals surface area (Å²) in [7, 11) is 0. The van der Waals surface area contributed by atoms with Crippen molar-refractivity contribution in [2.24, 2.45) is 5.73 Å². The molecule has 0 saturated carbocycles. The van der Waals surface area contributed by atoms with Gasteiger partial charge in [0.15, 0.2) is 0 Å². The van der Waals surface area contributed by atoms with Crippen LogP contribution in [0.2, 0.25) is 0 Å². The number of aromatic amines is 1. The van der Waals surface area contributed by atoms with Crippen molar-refractivity contribution in [1.29, 1.82) is 0 Å². The molecule has 2 amide bonds. The highest BCUT2D eigenvalue weighted by atomic mass is 16.2. The molecule has 0 fully saturated rings. The molecule has 1 atom stereocenters. The third-order valence-corrected chi connectivity index (χ3v) is 5.04. The predicted octanol–water partition coefficient (Wildman–Crippen LogP) is 1.39. The summed E-state index contributed by atoms with van der Waals surface area (Å²) in [6.07, 6.45) is 3.32. The van der Waals surface area contributed by atoms with Crippen molar-refractivity contribution in [2.75, 3.05) is 26.2 Å². The maximum absolute atomic E-state index is 12.9. The Balaban J connectivity index is 1.88. The number of fused-ring (bicyclic) bond motifs is 1. The molecule has 27 heavy (non-hydrogen) atoms. The molecule has 0 aliphatic carbocycles. The van der Waals surface area contributed by atoms with E-state index in [0.29, 0.717) is 6.54 Å². The Labute approximate surface area is 159 Å². The predicted molar refractivity (Wildman–Crippen MR) is 103 cm³/mol. The van der Waals surface area contributed by atoms with Crippen LogP contribution in [0, 0.1) is 6.92 Å². The van der Waals surface area contributed by atoms with Crippen LogP contribution in [0.3, 0.4) is 0 Å². The Hall–Kier alpha value is -2.67. The van der Waals surface area contributed by atoms with Crippen molar-refractivity contribution in [1.82, 2.24) is 19.8 Å². The third-order valence-electron chi connectivity index (χ3n) is 5.04. The van der Waals surface area contributed by atoms with Crippen molar-refractivity contribution in [3.05, 3.63) is 53.1 Å². The fraction of sp³-hybridized carbons (Fsp3) is 0.450. The number of primary amides is 1. The molecule has 1 unspecified atom stereocenters. The minimum atomic E-state index is -0.486. The van der Waals surface area contributed by atoms with Gasteiger partial charge in [0.2, 0.25) is 11.8 Å². The van der Waals surface area contributed by atoms with Gasteiger partial charge in [0.05, 0.1) is 31.2 Å². The number of H-pyrrole nitrogens is 1. The molecule has 0 spiro atoms. The van der Waals surface area contributed by atoms with E-state index in [-0.39, 0.29) is 25.0 Å². The first kappa shape index (κ1) is 19.1. The summed E-state index contributed by atoms with van der Waals surface area (Å²) in [5.74, 6) is -0.561. The van der Waals surface area contributed by atoms with Crippen LogP contribution < -0.4 is 5.73 Å². The highest BCUT2D eigenvalue weighted by Crippen LogP contribution is 2.34. The van der Waals surface area contributed by atoms with Crippen molar-refractivity contribution >= 4 is 11.8 Å². The van der Waals surface area contributed by atoms with Gasteiger partial charge in [-0.15, -0.1) is 0 Å². The standard InChI is InChI=1S/C20H27N5O2/c1-3-9-24(11-17(21)26)18(27)12-25-10-8-16-19(23-13-22-16)20(25)15-7-5-4-6-14(15)2/h4-7,13,20H,3,8-12H2,1-2H3,(H2,21,26)(H,22,23). The molecule has 3 rings (SSSR count). The van der Waals surface area contributed by atoms with Crippen LogP contribution in [0.15, 0.2) is 30.6 Å². The second-order valence-electron chi connectivity index (χ2n) is 7.03. The Morgan fingerprint density at radius 2 is 2.15 bits per heavy atom. The molecule has 1 aromatic heterocycles. The van der Waals surface area contributed by atoms with E-state index >= 15 is 0 Å². The lowest BCUT2D eigenvalue weighted by molar-refractivity contribution is -0.136. The van der Waals surface area contributed by atoms with E-state index in [1.54, 1.807) is 11.2 Å². The molecule has 1 aromatic carbocycles. The largest absolute Gasteiger partial charge is 0.368 e. The van der Waals surface area contributed by atoms with E-state index < -0.39 is 5.91 Å². The summed E-state index contributed by atoms with van der Waals surface area (Å²) in [6.45, 7) is 5.53. The van der Waals surface area contributed by atoms with Gasteiger partial charge < -0.3 is 15.6 Å². The van der Waals surface area contributed by atoms with Gasteiger partial charge in [0.25, 0.3) is 0 Å². The fourth-order valence-electron chi connectivity index (χ4n) is 3.76. The first-order chi connectivity index (χ1) is 13.0. The summed E-state index contributed by atoms with van der Waals surface area (Å²) in [4.78, 5) is 35.7. The second kappa shape index (κ2) is 8.35. The van der Waals surface area contributed by atoms with E-state index in [1.165, 1.54) is 5.56 Å². The van der Waals surface area contributed by atoms with Gasteiger partial charge in [-0.2, -0.15) is 0 Å². The van der Waals surface area contributed by atoms with Crippen LogP contribution in [-0.4, -0.2) is 57.8 Å². The average Bonchev–Trinajstić information content (AvgIpc) is 3.10. The summed E-state index contributed by atoms with van der Waals surface area (Å²) in [5.41, 5.74) is 9.73. The zero-order chi connectivity index (χ0) is 19.4. The summed E-state index contributed by atoms with van der Waals surface area (Å²) in [6, 6.07) is 8.11. The van der Waals surface area contributed by atoms with Crippen molar-refractivity contribution < 1.29 is 9.59 Å². The lowest BCUT2D eigenvalue weighted by atomic mass is 9.92. The maximum Gasteiger partial charge on any atom is 0.237 e. The first-order valence-electron chi connectivity index (χ1n) is 9.39. The van der Waals surface area contributed by atoms with E-state index in [4.69, 9.17) is 5.73 Å². The molecule has 7 heteroatoms. The summed E-state index contributed by atoms with van der Waals surface area (Å²) in [5, 5.41) is 0. The number of amides is 2. The van der Waals surface area contributed by atoms with E-state index in [2.05, 4.69) is 33.9 Å². The van der Waals surface area contributed by atoms with Gasteiger partial charge in [-0.3, -0.25) is 14.5 Å². The molecule has 144 valence electrons.